The van der Waals surface area contributed by atoms with Gasteiger partial charge in [-0.05, 0) is 50.8 Å². The molecule has 21 heavy (non-hydrogen) atoms. The maximum absolute atomic E-state index is 5.70. The third-order valence-corrected chi connectivity index (χ3v) is 4.30. The predicted octanol–water partition coefficient (Wildman–Crippen LogP) is 3.24. The molecule has 1 fully saturated rings. The monoisotopic (exact) mass is 285 g/mol. The predicted molar refractivity (Wildman–Crippen MR) is 84.2 cm³/mol. The fourth-order valence-corrected chi connectivity index (χ4v) is 3.17. The van der Waals surface area contributed by atoms with E-state index in [1.807, 2.05) is 13.1 Å². The van der Waals surface area contributed by atoms with Crippen LogP contribution in [-0.2, 0) is 4.74 Å². The molecule has 1 aromatic heterocycles. The second-order valence-electron chi connectivity index (χ2n) is 5.68. The first-order valence-electron chi connectivity index (χ1n) is 7.87. The molecule has 0 bridgehead atoms. The Morgan fingerprint density at radius 3 is 3.05 bits per heavy atom. The van der Waals surface area contributed by atoms with E-state index < -0.39 is 0 Å². The standard InChI is InChI=1S/C17H23N3O/c1-18-15(8-2-5-13-6-4-12-21-13)14-7-3-9-16-17(14)20-11-10-19-16/h3,7,9-11,13,15,18H,2,4-6,8,12H2,1H3. The number of ether oxygens (including phenoxy) is 1. The second-order valence-corrected chi connectivity index (χ2v) is 5.68. The molecule has 2 atom stereocenters. The van der Waals surface area contributed by atoms with Gasteiger partial charge >= 0.3 is 0 Å². The van der Waals surface area contributed by atoms with Gasteiger partial charge in [-0.1, -0.05) is 12.1 Å². The maximum Gasteiger partial charge on any atom is 0.0934 e. The zero-order valence-electron chi connectivity index (χ0n) is 12.6. The quantitative estimate of drug-likeness (QED) is 0.885. The first kappa shape index (κ1) is 14.4. The number of hydrogen-bond acceptors (Lipinski definition) is 4. The molecule has 2 unspecified atom stereocenters. The van der Waals surface area contributed by atoms with Gasteiger partial charge in [-0.2, -0.15) is 0 Å². The Bertz CT molecular complexity index is 576. The van der Waals surface area contributed by atoms with E-state index in [9.17, 15) is 0 Å². The largest absolute Gasteiger partial charge is 0.378 e. The summed E-state index contributed by atoms with van der Waals surface area (Å²) in [6, 6.07) is 6.57. The topological polar surface area (TPSA) is 47.0 Å². The molecule has 1 aliphatic rings. The molecule has 3 rings (SSSR count). The van der Waals surface area contributed by atoms with Gasteiger partial charge in [0.2, 0.25) is 0 Å². The van der Waals surface area contributed by atoms with Crippen LogP contribution in [0.2, 0.25) is 0 Å². The Labute approximate surface area is 125 Å². The summed E-state index contributed by atoms with van der Waals surface area (Å²) < 4.78 is 5.70. The van der Waals surface area contributed by atoms with Crippen LogP contribution in [0.15, 0.2) is 30.6 Å². The van der Waals surface area contributed by atoms with Gasteiger partial charge in [-0.15, -0.1) is 0 Å². The van der Waals surface area contributed by atoms with E-state index in [-0.39, 0.29) is 0 Å². The number of nitrogens with one attached hydrogen (secondary N) is 1. The summed E-state index contributed by atoms with van der Waals surface area (Å²) in [6.45, 7) is 0.943. The van der Waals surface area contributed by atoms with Crippen LogP contribution in [0.5, 0.6) is 0 Å². The molecule has 0 amide bonds. The molecule has 2 heterocycles. The number of fused-ring (bicyclic) bond motifs is 1. The van der Waals surface area contributed by atoms with Crippen LogP contribution in [-0.4, -0.2) is 29.7 Å². The summed E-state index contributed by atoms with van der Waals surface area (Å²) >= 11 is 0. The number of hydrogen-bond donors (Lipinski definition) is 1. The number of nitrogens with zero attached hydrogens (tertiary/aromatic N) is 2. The molecule has 0 aliphatic carbocycles. The fraction of sp³-hybridized carbons (Fsp3) is 0.529. The van der Waals surface area contributed by atoms with Crippen LogP contribution < -0.4 is 5.32 Å². The van der Waals surface area contributed by atoms with Crippen molar-refractivity contribution in [3.63, 3.8) is 0 Å². The van der Waals surface area contributed by atoms with Crippen molar-refractivity contribution in [1.82, 2.24) is 15.3 Å². The van der Waals surface area contributed by atoms with Gasteiger partial charge in [0.1, 0.15) is 0 Å². The average Bonchev–Trinajstić information content (AvgIpc) is 3.05. The molecular weight excluding hydrogens is 262 g/mol. The van der Waals surface area contributed by atoms with E-state index in [2.05, 4.69) is 27.4 Å². The van der Waals surface area contributed by atoms with Gasteiger partial charge in [-0.3, -0.25) is 9.97 Å². The maximum atomic E-state index is 5.70. The van der Waals surface area contributed by atoms with E-state index in [0.29, 0.717) is 12.1 Å². The van der Waals surface area contributed by atoms with Crippen molar-refractivity contribution in [2.75, 3.05) is 13.7 Å². The highest BCUT2D eigenvalue weighted by molar-refractivity contribution is 5.78. The Kier molecular flexibility index (Phi) is 4.78. The van der Waals surface area contributed by atoms with Gasteiger partial charge in [0.05, 0.1) is 17.1 Å². The van der Waals surface area contributed by atoms with Crippen molar-refractivity contribution in [2.45, 2.75) is 44.2 Å². The minimum Gasteiger partial charge on any atom is -0.378 e. The Balaban J connectivity index is 1.69. The highest BCUT2D eigenvalue weighted by Gasteiger charge is 2.17. The summed E-state index contributed by atoms with van der Waals surface area (Å²) in [5.74, 6) is 0. The molecular formula is C17H23N3O. The van der Waals surface area contributed by atoms with Gasteiger partial charge in [0, 0.05) is 25.0 Å². The lowest BCUT2D eigenvalue weighted by atomic mass is 9.98. The van der Waals surface area contributed by atoms with Crippen LogP contribution in [0.4, 0.5) is 0 Å². The molecule has 0 saturated carbocycles. The number of para-hydroxylation sites is 1. The molecule has 1 aliphatic heterocycles. The van der Waals surface area contributed by atoms with Crippen molar-refractivity contribution in [3.05, 3.63) is 36.2 Å². The molecule has 1 N–H and O–H groups in total. The Morgan fingerprint density at radius 1 is 1.33 bits per heavy atom. The number of rotatable bonds is 6. The lowest BCUT2D eigenvalue weighted by Crippen LogP contribution is -2.18. The van der Waals surface area contributed by atoms with E-state index in [1.54, 1.807) is 12.4 Å². The van der Waals surface area contributed by atoms with Crippen LogP contribution in [0.25, 0.3) is 11.0 Å². The molecule has 0 radical (unpaired) electrons. The van der Waals surface area contributed by atoms with Gasteiger partial charge < -0.3 is 10.1 Å². The lowest BCUT2D eigenvalue weighted by molar-refractivity contribution is 0.101. The summed E-state index contributed by atoms with van der Waals surface area (Å²) in [7, 11) is 2.02. The lowest BCUT2D eigenvalue weighted by Gasteiger charge is -2.18. The van der Waals surface area contributed by atoms with Gasteiger partial charge in [0.15, 0.2) is 0 Å². The normalized spacial score (nSPS) is 20.0. The summed E-state index contributed by atoms with van der Waals surface area (Å²) in [4.78, 5) is 8.90. The van der Waals surface area contributed by atoms with Crippen LogP contribution in [0, 0.1) is 0 Å². The van der Waals surface area contributed by atoms with Gasteiger partial charge in [0.25, 0.3) is 0 Å². The molecule has 4 heteroatoms. The third-order valence-electron chi connectivity index (χ3n) is 4.30. The van der Waals surface area contributed by atoms with E-state index in [1.165, 1.54) is 24.8 Å². The molecule has 1 saturated heterocycles. The van der Waals surface area contributed by atoms with Crippen molar-refractivity contribution in [2.24, 2.45) is 0 Å². The zero-order valence-corrected chi connectivity index (χ0v) is 12.6. The Morgan fingerprint density at radius 2 is 2.24 bits per heavy atom. The Hall–Kier alpha value is -1.52. The average molecular weight is 285 g/mol. The SMILES string of the molecule is CNC(CCCC1CCCO1)c1cccc2nccnc12. The summed E-state index contributed by atoms with van der Waals surface area (Å²) in [5, 5.41) is 3.43. The zero-order chi connectivity index (χ0) is 14.5. The van der Waals surface area contributed by atoms with Crippen molar-refractivity contribution in [3.8, 4) is 0 Å². The minimum atomic E-state index is 0.326. The highest BCUT2D eigenvalue weighted by Crippen LogP contribution is 2.26. The minimum absolute atomic E-state index is 0.326. The van der Waals surface area contributed by atoms with Crippen molar-refractivity contribution >= 4 is 11.0 Å². The second kappa shape index (κ2) is 6.96. The van der Waals surface area contributed by atoms with Crippen LogP contribution in [0.3, 0.4) is 0 Å². The van der Waals surface area contributed by atoms with Gasteiger partial charge in [-0.25, -0.2) is 0 Å². The molecule has 2 aromatic rings. The van der Waals surface area contributed by atoms with Crippen LogP contribution in [0.1, 0.15) is 43.7 Å². The fourth-order valence-electron chi connectivity index (χ4n) is 3.17. The van der Waals surface area contributed by atoms with Crippen LogP contribution >= 0.6 is 0 Å². The highest BCUT2D eigenvalue weighted by atomic mass is 16.5. The number of aromatic nitrogens is 2. The van der Waals surface area contributed by atoms with E-state index in [0.717, 1.165) is 30.5 Å². The van der Waals surface area contributed by atoms with E-state index >= 15 is 0 Å². The molecule has 4 nitrogen and oxygen atoms in total. The third kappa shape index (κ3) is 3.39. The summed E-state index contributed by atoms with van der Waals surface area (Å²) in [6.07, 6.45) is 9.88. The smallest absolute Gasteiger partial charge is 0.0934 e. The summed E-state index contributed by atoms with van der Waals surface area (Å²) in [5.41, 5.74) is 3.22. The number of benzene rings is 1. The first-order valence-corrected chi connectivity index (χ1v) is 7.87. The van der Waals surface area contributed by atoms with E-state index in [4.69, 9.17) is 4.74 Å². The van der Waals surface area contributed by atoms with Crippen molar-refractivity contribution < 1.29 is 4.74 Å². The van der Waals surface area contributed by atoms with Crippen molar-refractivity contribution in [1.29, 1.82) is 0 Å². The first-order chi connectivity index (χ1) is 10.4. The molecule has 1 aromatic carbocycles. The molecule has 0 spiro atoms. The molecule has 112 valence electrons.